The molecule has 1 unspecified atom stereocenters. The lowest BCUT2D eigenvalue weighted by Gasteiger charge is -2.19. The highest BCUT2D eigenvalue weighted by Crippen LogP contribution is 2.28. The topological polar surface area (TPSA) is 21.3 Å². The lowest BCUT2D eigenvalue weighted by molar-refractivity contribution is 0.412. The number of likely N-dealkylation sites (N-methyl/N-ethyl adjacent to an activating group) is 1. The van der Waals surface area contributed by atoms with Gasteiger partial charge in [-0.05, 0) is 64.3 Å². The Morgan fingerprint density at radius 3 is 2.67 bits per heavy atom. The van der Waals surface area contributed by atoms with Crippen LogP contribution in [0.2, 0.25) is 0 Å². The van der Waals surface area contributed by atoms with E-state index in [0.29, 0.717) is 0 Å². The van der Waals surface area contributed by atoms with Crippen LogP contribution < -0.4 is 10.1 Å². The van der Waals surface area contributed by atoms with Crippen LogP contribution in [-0.4, -0.2) is 13.7 Å². The van der Waals surface area contributed by atoms with E-state index < -0.39 is 0 Å². The number of hydrogen-bond donors (Lipinski definition) is 1. The van der Waals surface area contributed by atoms with E-state index in [4.69, 9.17) is 4.74 Å². The number of methoxy groups -OCH3 is 1. The normalized spacial score (nSPS) is 12.2. The quantitative estimate of drug-likeness (QED) is 0.827. The van der Waals surface area contributed by atoms with Crippen LogP contribution in [0, 0.1) is 5.82 Å². The minimum Gasteiger partial charge on any atom is -0.496 e. The van der Waals surface area contributed by atoms with Crippen LogP contribution in [0.4, 0.5) is 4.39 Å². The van der Waals surface area contributed by atoms with Crippen molar-refractivity contribution >= 4 is 15.9 Å². The summed E-state index contributed by atoms with van der Waals surface area (Å²) < 4.78 is 19.6. The molecular formula is C17H19BrFNO. The Hall–Kier alpha value is -1.39. The molecule has 0 spiro atoms. The van der Waals surface area contributed by atoms with Gasteiger partial charge in [0, 0.05) is 6.04 Å². The Labute approximate surface area is 133 Å². The average Bonchev–Trinajstić information content (AvgIpc) is 2.47. The van der Waals surface area contributed by atoms with E-state index >= 15 is 0 Å². The first-order valence-corrected chi connectivity index (χ1v) is 7.74. The van der Waals surface area contributed by atoms with Crippen molar-refractivity contribution in [1.82, 2.24) is 5.32 Å². The molecule has 4 heteroatoms. The summed E-state index contributed by atoms with van der Waals surface area (Å²) in [6, 6.07) is 12.9. The van der Waals surface area contributed by atoms with E-state index in [1.54, 1.807) is 19.2 Å². The first kappa shape index (κ1) is 16.0. The van der Waals surface area contributed by atoms with Crippen molar-refractivity contribution in [2.45, 2.75) is 19.4 Å². The molecule has 0 aliphatic heterocycles. The molecule has 0 aliphatic carbocycles. The van der Waals surface area contributed by atoms with Crippen LogP contribution in [0.3, 0.4) is 0 Å². The fourth-order valence-electron chi connectivity index (χ4n) is 2.35. The maximum atomic E-state index is 13.4. The fraction of sp³-hybridized carbons (Fsp3) is 0.294. The minimum atomic E-state index is -0.202. The molecule has 0 saturated carbocycles. The second kappa shape index (κ2) is 7.57. The molecule has 21 heavy (non-hydrogen) atoms. The summed E-state index contributed by atoms with van der Waals surface area (Å²) >= 11 is 3.50. The van der Waals surface area contributed by atoms with Gasteiger partial charge in [-0.1, -0.05) is 25.1 Å². The van der Waals surface area contributed by atoms with Gasteiger partial charge in [0.05, 0.1) is 11.6 Å². The fourth-order valence-corrected chi connectivity index (χ4v) is 2.94. The molecular weight excluding hydrogens is 333 g/mol. The summed E-state index contributed by atoms with van der Waals surface area (Å²) in [5.41, 5.74) is 2.13. The van der Waals surface area contributed by atoms with E-state index in [0.717, 1.165) is 34.3 Å². The third-order valence-electron chi connectivity index (χ3n) is 3.36. The SMILES string of the molecule is CCNC(Cc1ccc(OC)c(Br)c1)c1cccc(F)c1. The summed E-state index contributed by atoms with van der Waals surface area (Å²) in [5.74, 6) is 0.607. The molecule has 0 amide bonds. The summed E-state index contributed by atoms with van der Waals surface area (Å²) in [7, 11) is 1.65. The molecule has 1 N–H and O–H groups in total. The van der Waals surface area contributed by atoms with E-state index in [-0.39, 0.29) is 11.9 Å². The third kappa shape index (κ3) is 4.29. The highest BCUT2D eigenvalue weighted by atomic mass is 79.9. The van der Waals surface area contributed by atoms with Gasteiger partial charge in [-0.25, -0.2) is 4.39 Å². The van der Waals surface area contributed by atoms with E-state index in [1.807, 2.05) is 24.3 Å². The molecule has 0 heterocycles. The van der Waals surface area contributed by atoms with E-state index in [9.17, 15) is 4.39 Å². The monoisotopic (exact) mass is 351 g/mol. The Morgan fingerprint density at radius 2 is 2.05 bits per heavy atom. The van der Waals surface area contributed by atoms with E-state index in [1.165, 1.54) is 6.07 Å². The van der Waals surface area contributed by atoms with Gasteiger partial charge in [-0.15, -0.1) is 0 Å². The van der Waals surface area contributed by atoms with Gasteiger partial charge in [0.15, 0.2) is 0 Å². The Bertz CT molecular complexity index is 603. The van der Waals surface area contributed by atoms with Gasteiger partial charge in [0.2, 0.25) is 0 Å². The molecule has 0 fully saturated rings. The predicted molar refractivity (Wildman–Crippen MR) is 87.2 cm³/mol. The minimum absolute atomic E-state index is 0.0889. The van der Waals surface area contributed by atoms with Gasteiger partial charge in [-0.2, -0.15) is 0 Å². The zero-order valence-corrected chi connectivity index (χ0v) is 13.8. The van der Waals surface area contributed by atoms with Crippen LogP contribution >= 0.6 is 15.9 Å². The van der Waals surface area contributed by atoms with Crippen molar-refractivity contribution in [2.75, 3.05) is 13.7 Å². The first-order chi connectivity index (χ1) is 10.1. The molecule has 0 aromatic heterocycles. The molecule has 0 bridgehead atoms. The Morgan fingerprint density at radius 1 is 1.24 bits per heavy atom. The Kier molecular flexibility index (Phi) is 5.76. The van der Waals surface area contributed by atoms with Crippen LogP contribution in [0.5, 0.6) is 5.75 Å². The number of hydrogen-bond acceptors (Lipinski definition) is 2. The summed E-state index contributed by atoms with van der Waals surface area (Å²) in [5, 5.41) is 3.41. The predicted octanol–water partition coefficient (Wildman–Crippen LogP) is 4.49. The van der Waals surface area contributed by atoms with Crippen molar-refractivity contribution in [3.05, 3.63) is 63.9 Å². The van der Waals surface area contributed by atoms with Crippen LogP contribution in [-0.2, 0) is 6.42 Å². The maximum absolute atomic E-state index is 13.4. The number of nitrogens with one attached hydrogen (secondary N) is 1. The smallest absolute Gasteiger partial charge is 0.133 e. The number of ether oxygens (including phenoxy) is 1. The molecule has 0 saturated heterocycles. The first-order valence-electron chi connectivity index (χ1n) is 6.95. The van der Waals surface area contributed by atoms with Crippen LogP contribution in [0.1, 0.15) is 24.1 Å². The van der Waals surface area contributed by atoms with Gasteiger partial charge >= 0.3 is 0 Å². The second-order valence-corrected chi connectivity index (χ2v) is 5.69. The Balaban J connectivity index is 2.22. The van der Waals surface area contributed by atoms with Crippen LogP contribution in [0.25, 0.3) is 0 Å². The summed E-state index contributed by atoms with van der Waals surface area (Å²) in [6.45, 7) is 2.88. The molecule has 0 radical (unpaired) electrons. The van der Waals surface area contributed by atoms with Crippen molar-refractivity contribution < 1.29 is 9.13 Å². The molecule has 1 atom stereocenters. The standard InChI is InChI=1S/C17H19BrFNO/c1-3-20-16(13-5-4-6-14(19)11-13)10-12-7-8-17(21-2)15(18)9-12/h4-9,11,16,20H,3,10H2,1-2H3. The van der Waals surface area contributed by atoms with Crippen molar-refractivity contribution in [3.8, 4) is 5.75 Å². The highest BCUT2D eigenvalue weighted by molar-refractivity contribution is 9.10. The van der Waals surface area contributed by atoms with Gasteiger partial charge in [-0.3, -0.25) is 0 Å². The molecule has 2 aromatic rings. The van der Waals surface area contributed by atoms with Crippen LogP contribution in [0.15, 0.2) is 46.9 Å². The third-order valence-corrected chi connectivity index (χ3v) is 3.98. The van der Waals surface area contributed by atoms with Gasteiger partial charge < -0.3 is 10.1 Å². The number of halogens is 2. The maximum Gasteiger partial charge on any atom is 0.133 e. The number of rotatable bonds is 6. The number of benzene rings is 2. The lowest BCUT2D eigenvalue weighted by atomic mass is 9.98. The molecule has 2 nitrogen and oxygen atoms in total. The van der Waals surface area contributed by atoms with Gasteiger partial charge in [0.25, 0.3) is 0 Å². The zero-order valence-electron chi connectivity index (χ0n) is 12.2. The average molecular weight is 352 g/mol. The van der Waals surface area contributed by atoms with Crippen molar-refractivity contribution in [1.29, 1.82) is 0 Å². The summed E-state index contributed by atoms with van der Waals surface area (Å²) in [4.78, 5) is 0. The molecule has 2 aromatic carbocycles. The summed E-state index contributed by atoms with van der Waals surface area (Å²) in [6.07, 6.45) is 0.792. The highest BCUT2D eigenvalue weighted by Gasteiger charge is 2.13. The largest absolute Gasteiger partial charge is 0.496 e. The zero-order chi connectivity index (χ0) is 15.2. The second-order valence-electron chi connectivity index (χ2n) is 4.84. The molecule has 112 valence electrons. The van der Waals surface area contributed by atoms with E-state index in [2.05, 4.69) is 28.2 Å². The molecule has 0 aliphatic rings. The van der Waals surface area contributed by atoms with Crippen molar-refractivity contribution in [3.63, 3.8) is 0 Å². The lowest BCUT2D eigenvalue weighted by Crippen LogP contribution is -2.23. The van der Waals surface area contributed by atoms with Gasteiger partial charge in [0.1, 0.15) is 11.6 Å². The molecule has 2 rings (SSSR count). The van der Waals surface area contributed by atoms with Crippen molar-refractivity contribution in [2.24, 2.45) is 0 Å².